The minimum absolute atomic E-state index is 0.122. The summed E-state index contributed by atoms with van der Waals surface area (Å²) in [6, 6.07) is 13.7. The molecule has 4 aromatic rings. The molecule has 2 aromatic carbocycles. The van der Waals surface area contributed by atoms with Gasteiger partial charge in [-0.15, -0.1) is 10.2 Å². The van der Waals surface area contributed by atoms with Crippen LogP contribution in [-0.2, 0) is 9.73 Å². The Morgan fingerprint density at radius 1 is 0.875 bits per heavy atom. The van der Waals surface area contributed by atoms with E-state index in [0.29, 0.717) is 48.4 Å². The predicted octanol–water partition coefficient (Wildman–Crippen LogP) is 9.01. The molecule has 0 aliphatic heterocycles. The molecule has 0 spiro atoms. The van der Waals surface area contributed by atoms with Crippen LogP contribution < -0.4 is 5.32 Å². The van der Waals surface area contributed by atoms with Crippen molar-refractivity contribution in [3.8, 4) is 11.1 Å². The monoisotopic (exact) mass is 599 g/mol. The Hall–Kier alpha value is -3.19. The number of hydrogen-bond acceptors (Lipinski definition) is 5. The molecule has 1 saturated carbocycles. The number of nitrogens with one attached hydrogen (secondary N) is 2. The summed E-state index contributed by atoms with van der Waals surface area (Å²) in [6.07, 6.45) is 4.06. The molecule has 216 valence electrons. The van der Waals surface area contributed by atoms with Gasteiger partial charge in [0, 0.05) is 34.0 Å². The number of halogens is 5. The first kappa shape index (κ1) is 28.3. The van der Waals surface area contributed by atoms with Crippen LogP contribution >= 0.6 is 10.2 Å². The Labute approximate surface area is 229 Å². The number of fused-ring (bicyclic) bond motifs is 1. The van der Waals surface area contributed by atoms with Gasteiger partial charge in [-0.3, -0.25) is 4.40 Å². The van der Waals surface area contributed by atoms with Crippen LogP contribution in [0.5, 0.6) is 0 Å². The fourth-order valence-corrected chi connectivity index (χ4v) is 7.61. The average molecular weight is 600 g/mol. The molecule has 1 atom stereocenters. The number of nitrogens with zero attached hydrogens (tertiary/aromatic N) is 3. The molecule has 1 unspecified atom stereocenters. The zero-order valence-corrected chi connectivity index (χ0v) is 23.5. The van der Waals surface area contributed by atoms with E-state index in [1.54, 1.807) is 12.1 Å². The van der Waals surface area contributed by atoms with E-state index in [1.807, 2.05) is 48.7 Å². The van der Waals surface area contributed by atoms with Gasteiger partial charge in [-0.25, -0.2) is 8.99 Å². The minimum Gasteiger partial charge on any atom is -0.382 e. The third-order valence-corrected chi connectivity index (χ3v) is 10.8. The molecule has 40 heavy (non-hydrogen) atoms. The molecule has 2 aromatic heterocycles. The van der Waals surface area contributed by atoms with E-state index in [2.05, 4.69) is 15.5 Å². The van der Waals surface area contributed by atoms with Crippen LogP contribution in [0.15, 0.2) is 76.7 Å². The van der Waals surface area contributed by atoms with Gasteiger partial charge in [0.25, 0.3) is 0 Å². The lowest BCUT2D eigenvalue weighted by molar-refractivity contribution is 0.364. The molecule has 13 heteroatoms. The van der Waals surface area contributed by atoms with Gasteiger partial charge in [0.1, 0.15) is 10.7 Å². The van der Waals surface area contributed by atoms with Crippen LogP contribution in [0.3, 0.4) is 0 Å². The van der Waals surface area contributed by atoms with Crippen molar-refractivity contribution < 1.29 is 23.6 Å². The van der Waals surface area contributed by atoms with Gasteiger partial charge in [0.2, 0.25) is 0 Å². The van der Waals surface area contributed by atoms with Gasteiger partial charge in [0.05, 0.1) is 9.73 Å². The number of hydrogen-bond donors (Lipinski definition) is 2. The van der Waals surface area contributed by atoms with E-state index < -0.39 is 24.8 Å². The highest BCUT2D eigenvalue weighted by molar-refractivity contribution is 8.45. The van der Waals surface area contributed by atoms with Gasteiger partial charge < -0.3 is 5.32 Å². The summed E-state index contributed by atoms with van der Waals surface area (Å²) in [4.78, 5) is -1.47. The van der Waals surface area contributed by atoms with Crippen molar-refractivity contribution in [2.24, 2.45) is 0 Å². The predicted molar refractivity (Wildman–Crippen MR) is 149 cm³/mol. The number of pyridine rings is 1. The van der Waals surface area contributed by atoms with E-state index in [1.165, 1.54) is 0 Å². The van der Waals surface area contributed by atoms with Crippen LogP contribution in [0.2, 0.25) is 0 Å². The van der Waals surface area contributed by atoms with Gasteiger partial charge >= 0.3 is 10.2 Å². The second-order valence-electron chi connectivity index (χ2n) is 10.6. The molecule has 1 aliphatic carbocycles. The van der Waals surface area contributed by atoms with Crippen molar-refractivity contribution in [3.05, 3.63) is 72.7 Å². The summed E-state index contributed by atoms with van der Waals surface area (Å²) in [6.45, 7) is 4.09. The third kappa shape index (κ3) is 5.80. The lowest BCUT2D eigenvalue weighted by Gasteiger charge is -2.40. The van der Waals surface area contributed by atoms with Crippen molar-refractivity contribution >= 4 is 31.3 Å². The maximum Gasteiger partial charge on any atom is 0.310 e. The Kier molecular flexibility index (Phi) is 6.49. The summed E-state index contributed by atoms with van der Waals surface area (Å²) in [7, 11) is -12.8. The molecule has 0 bridgehead atoms. The average Bonchev–Trinajstić information content (AvgIpc) is 3.32. The molecule has 1 fully saturated rings. The smallest absolute Gasteiger partial charge is 0.310 e. The molecule has 1 aliphatic rings. The summed E-state index contributed by atoms with van der Waals surface area (Å²) >= 11 is 0. The fourth-order valence-electron chi connectivity index (χ4n) is 5.10. The van der Waals surface area contributed by atoms with Crippen LogP contribution in [-0.4, -0.2) is 30.1 Å². The van der Waals surface area contributed by atoms with Crippen LogP contribution in [0.4, 0.5) is 25.1 Å². The van der Waals surface area contributed by atoms with E-state index in [9.17, 15) is 23.6 Å². The fraction of sp³-hybridized carbons (Fsp3) is 0.333. The minimum atomic E-state index is -9.71. The molecular weight excluding hydrogens is 569 g/mol. The van der Waals surface area contributed by atoms with Crippen molar-refractivity contribution in [3.63, 3.8) is 0 Å². The largest absolute Gasteiger partial charge is 0.382 e. The molecule has 5 rings (SSSR count). The molecule has 0 amide bonds. The maximum absolute atomic E-state index is 13.6. The SMILES string of the molecule is CC(C)c1nnc2ccc(-c3ccc(S(=N)(=O)C4CCC(Nc5ccc(S(F)(F)(F)(F)F)cc5)CC4)cc3)cn12. The summed E-state index contributed by atoms with van der Waals surface area (Å²) in [5.74, 6) is 1.06. The van der Waals surface area contributed by atoms with Crippen molar-refractivity contribution in [1.29, 1.82) is 4.78 Å². The molecule has 2 N–H and O–H groups in total. The summed E-state index contributed by atoms with van der Waals surface area (Å²) < 4.78 is 89.0. The third-order valence-electron chi connectivity index (χ3n) is 7.30. The Morgan fingerprint density at radius 2 is 1.48 bits per heavy atom. The molecule has 0 radical (unpaired) electrons. The molecule has 0 saturated heterocycles. The van der Waals surface area contributed by atoms with Gasteiger partial charge in [-0.2, -0.15) is 0 Å². The first-order valence-electron chi connectivity index (χ1n) is 12.8. The van der Waals surface area contributed by atoms with Crippen molar-refractivity contribution in [2.45, 2.75) is 66.5 Å². The zero-order chi connectivity index (χ0) is 29.0. The first-order valence-corrected chi connectivity index (χ1v) is 16.4. The number of benzene rings is 2. The topological polar surface area (TPSA) is 83.1 Å². The quantitative estimate of drug-likeness (QED) is 0.208. The van der Waals surface area contributed by atoms with Crippen LogP contribution in [0.25, 0.3) is 16.8 Å². The molecule has 2 heterocycles. The standard InChI is InChI=1S/C27H30F5N5OS2/c1-18(2)27-36-35-26-16-5-20(17-37(26)27)19-3-10-23(11-4-19)39(33,38)24-12-6-21(7-13-24)34-22-8-14-25(15-9-22)40(28,29,30,31)32/h3-5,8-11,14-18,21,24,33-34H,6-7,12-13H2,1-2H3. The lowest BCUT2D eigenvalue weighted by atomic mass is 9.95. The normalized spacial score (nSPS) is 21.5. The van der Waals surface area contributed by atoms with Crippen LogP contribution in [0.1, 0.15) is 51.3 Å². The molecular formula is C27H30F5N5OS2. The highest BCUT2D eigenvalue weighted by Crippen LogP contribution is 3.02. The highest BCUT2D eigenvalue weighted by atomic mass is 32.5. The second kappa shape index (κ2) is 9.16. The Balaban J connectivity index is 1.24. The number of rotatable bonds is 7. The van der Waals surface area contributed by atoms with E-state index in [4.69, 9.17) is 4.78 Å². The van der Waals surface area contributed by atoms with Gasteiger partial charge in [-0.1, -0.05) is 45.4 Å². The maximum atomic E-state index is 13.6. The first-order chi connectivity index (χ1) is 18.5. The number of anilines is 1. The number of aromatic nitrogens is 3. The molecule has 6 nitrogen and oxygen atoms in total. The van der Waals surface area contributed by atoms with Crippen molar-refractivity contribution in [2.75, 3.05) is 5.32 Å². The summed E-state index contributed by atoms with van der Waals surface area (Å²) in [5.41, 5.74) is 2.91. The van der Waals surface area contributed by atoms with E-state index in [-0.39, 0.29) is 17.2 Å². The Bertz CT molecular complexity index is 1650. The van der Waals surface area contributed by atoms with Gasteiger partial charge in [0.15, 0.2) is 5.65 Å². The van der Waals surface area contributed by atoms with Crippen molar-refractivity contribution in [1.82, 2.24) is 14.6 Å². The Morgan fingerprint density at radius 3 is 2.05 bits per heavy atom. The van der Waals surface area contributed by atoms with Gasteiger partial charge in [-0.05, 0) is 85.3 Å². The highest BCUT2D eigenvalue weighted by Gasteiger charge is 2.65. The zero-order valence-electron chi connectivity index (χ0n) is 21.9. The summed E-state index contributed by atoms with van der Waals surface area (Å²) in [5, 5.41) is 11.2. The second-order valence-corrected chi connectivity index (χ2v) is 15.3. The van der Waals surface area contributed by atoms with E-state index in [0.717, 1.165) is 34.7 Å². The van der Waals surface area contributed by atoms with E-state index >= 15 is 0 Å². The lowest BCUT2D eigenvalue weighted by Crippen LogP contribution is -2.32. The van der Waals surface area contributed by atoms with Crippen LogP contribution in [0, 0.1) is 4.78 Å².